The Bertz CT molecular complexity index is 1610. The molecular weight excluding hydrogens is 464 g/mol. The Morgan fingerprint density at radius 2 is 1.71 bits per heavy atom. The number of esters is 1. The van der Waals surface area contributed by atoms with Crippen molar-refractivity contribution in [2.45, 2.75) is 31.6 Å². The lowest BCUT2D eigenvalue weighted by Gasteiger charge is -2.12. The molecule has 0 unspecified atom stereocenters. The number of aromatic nitrogens is 2. The summed E-state index contributed by atoms with van der Waals surface area (Å²) in [6.45, 7) is 3.90. The third-order valence-electron chi connectivity index (χ3n) is 5.87. The van der Waals surface area contributed by atoms with Crippen LogP contribution in [0.4, 0.5) is 0 Å². The van der Waals surface area contributed by atoms with Gasteiger partial charge in [-0.05, 0) is 73.5 Å². The Balaban J connectivity index is 1.80. The first-order valence-corrected chi connectivity index (χ1v) is 12.3. The number of fused-ring (bicyclic) bond motifs is 1. The van der Waals surface area contributed by atoms with Gasteiger partial charge in [0.1, 0.15) is 6.07 Å². The first kappa shape index (κ1) is 23.8. The molecule has 0 aliphatic rings. The smallest absolute Gasteiger partial charge is 0.310 e. The van der Waals surface area contributed by atoms with Crippen LogP contribution in [0.1, 0.15) is 40.6 Å². The van der Waals surface area contributed by atoms with Crippen LogP contribution in [0, 0.1) is 29.6 Å². The van der Waals surface area contributed by atoms with Gasteiger partial charge < -0.3 is 9.14 Å². The molecule has 0 aliphatic carbocycles. The average Bonchev–Trinajstić information content (AvgIpc) is 3.43. The molecule has 0 spiro atoms. The van der Waals surface area contributed by atoms with E-state index in [1.165, 1.54) is 34.4 Å². The highest BCUT2D eigenvalue weighted by molar-refractivity contribution is 7.90. The Morgan fingerprint density at radius 1 is 1.03 bits per heavy atom. The number of nitriles is 2. The maximum atomic E-state index is 13.3. The number of carbonyl (C=O) groups is 1. The second-order valence-electron chi connectivity index (χ2n) is 7.93. The summed E-state index contributed by atoms with van der Waals surface area (Å²) in [6.07, 6.45) is 3.48. The van der Waals surface area contributed by atoms with Crippen molar-refractivity contribution < 1.29 is 17.9 Å². The first-order valence-electron chi connectivity index (χ1n) is 10.9. The number of ether oxygens (including phenoxy) is 1. The van der Waals surface area contributed by atoms with Crippen molar-refractivity contribution in [2.75, 3.05) is 6.61 Å². The molecule has 0 radical (unpaired) electrons. The molecule has 0 bridgehead atoms. The van der Waals surface area contributed by atoms with Gasteiger partial charge in [-0.15, -0.1) is 0 Å². The minimum absolute atomic E-state index is 0.0691. The maximum absolute atomic E-state index is 13.3. The van der Waals surface area contributed by atoms with Crippen LogP contribution in [0.2, 0.25) is 0 Å². The summed E-state index contributed by atoms with van der Waals surface area (Å²) >= 11 is 0. The highest BCUT2D eigenvalue weighted by Gasteiger charge is 2.23. The number of nitrogens with zero attached hydrogens (tertiary/aromatic N) is 4. The minimum atomic E-state index is -3.90. The molecule has 3 heterocycles. The second-order valence-corrected chi connectivity index (χ2v) is 9.75. The molecule has 4 aromatic rings. The van der Waals surface area contributed by atoms with E-state index in [0.717, 1.165) is 22.3 Å². The largest absolute Gasteiger partial charge is 0.466 e. The minimum Gasteiger partial charge on any atom is -0.466 e. The van der Waals surface area contributed by atoms with Crippen molar-refractivity contribution in [1.82, 2.24) is 8.37 Å². The summed E-state index contributed by atoms with van der Waals surface area (Å²) in [7, 11) is -3.90. The topological polar surface area (TPSA) is 117 Å². The van der Waals surface area contributed by atoms with Crippen molar-refractivity contribution in [1.29, 1.82) is 10.5 Å². The number of benzene rings is 1. The molecule has 1 aromatic carbocycles. The number of carbonyl (C=O) groups excluding carboxylic acids is 1. The SMILES string of the molecule is CCOC(=O)Cc1c(C)c(Cc2cccn2S(=O)(=O)c2ccc(C#N)cc2)n2cc(C#N)ccc12. The van der Waals surface area contributed by atoms with Crippen LogP contribution in [-0.4, -0.2) is 29.4 Å². The third-order valence-corrected chi connectivity index (χ3v) is 7.61. The van der Waals surface area contributed by atoms with Crippen molar-refractivity contribution in [3.05, 3.63) is 94.6 Å². The average molecular weight is 487 g/mol. The van der Waals surface area contributed by atoms with Crippen LogP contribution in [-0.2, 0) is 32.4 Å². The zero-order chi connectivity index (χ0) is 25.2. The van der Waals surface area contributed by atoms with Crippen molar-refractivity contribution in [3.63, 3.8) is 0 Å². The summed E-state index contributed by atoms with van der Waals surface area (Å²) in [5.74, 6) is -0.356. The van der Waals surface area contributed by atoms with Gasteiger partial charge >= 0.3 is 5.97 Å². The first-order chi connectivity index (χ1) is 16.8. The van der Waals surface area contributed by atoms with E-state index >= 15 is 0 Å². The van der Waals surface area contributed by atoms with Gasteiger partial charge in [-0.1, -0.05) is 0 Å². The fourth-order valence-corrected chi connectivity index (χ4v) is 5.51. The highest BCUT2D eigenvalue weighted by atomic mass is 32.2. The van der Waals surface area contributed by atoms with E-state index in [1.807, 2.05) is 17.4 Å². The van der Waals surface area contributed by atoms with Crippen LogP contribution in [0.25, 0.3) is 5.52 Å². The Labute approximate surface area is 203 Å². The van der Waals surface area contributed by atoms with Gasteiger partial charge in [-0.3, -0.25) is 4.79 Å². The lowest BCUT2D eigenvalue weighted by Crippen LogP contribution is -2.15. The molecular formula is C26H22N4O4S. The van der Waals surface area contributed by atoms with Gasteiger partial charge in [0.2, 0.25) is 0 Å². The van der Waals surface area contributed by atoms with Crippen molar-refractivity contribution >= 4 is 21.5 Å². The summed E-state index contributed by atoms with van der Waals surface area (Å²) in [5, 5.41) is 18.4. The molecule has 0 saturated heterocycles. The predicted molar refractivity (Wildman–Crippen MR) is 128 cm³/mol. The van der Waals surface area contributed by atoms with Gasteiger partial charge in [-0.25, -0.2) is 12.4 Å². The molecule has 0 atom stereocenters. The predicted octanol–water partition coefficient (Wildman–Crippen LogP) is 3.73. The van der Waals surface area contributed by atoms with E-state index in [4.69, 9.17) is 10.00 Å². The van der Waals surface area contributed by atoms with E-state index in [9.17, 15) is 18.5 Å². The zero-order valence-electron chi connectivity index (χ0n) is 19.2. The fourth-order valence-electron chi connectivity index (χ4n) is 4.14. The second kappa shape index (κ2) is 9.49. The van der Waals surface area contributed by atoms with Gasteiger partial charge in [0.05, 0.1) is 35.1 Å². The van der Waals surface area contributed by atoms with Gasteiger partial charge in [0.25, 0.3) is 10.0 Å². The van der Waals surface area contributed by atoms with Crippen molar-refractivity contribution in [3.8, 4) is 12.1 Å². The summed E-state index contributed by atoms with van der Waals surface area (Å²) in [4.78, 5) is 12.3. The molecule has 0 amide bonds. The van der Waals surface area contributed by atoms with E-state index in [1.54, 1.807) is 37.4 Å². The molecule has 0 aliphatic heterocycles. The summed E-state index contributed by atoms with van der Waals surface area (Å²) < 4.78 is 34.9. The lowest BCUT2D eigenvalue weighted by molar-refractivity contribution is -0.142. The van der Waals surface area contributed by atoms with Gasteiger partial charge in [0.15, 0.2) is 0 Å². The van der Waals surface area contributed by atoms with Crippen LogP contribution in [0.5, 0.6) is 0 Å². The molecule has 176 valence electrons. The van der Waals surface area contributed by atoms with Crippen molar-refractivity contribution in [2.24, 2.45) is 0 Å². The number of hydrogen-bond donors (Lipinski definition) is 0. The number of rotatable bonds is 7. The molecule has 3 aromatic heterocycles. The molecule has 4 rings (SSSR count). The molecule has 0 saturated carbocycles. The van der Waals surface area contributed by atoms with E-state index in [0.29, 0.717) is 16.8 Å². The quantitative estimate of drug-likeness (QED) is 0.368. The molecule has 35 heavy (non-hydrogen) atoms. The molecule has 9 heteroatoms. The van der Waals surface area contributed by atoms with Gasteiger partial charge in [0, 0.05) is 35.7 Å². The van der Waals surface area contributed by atoms with Crippen LogP contribution in [0.15, 0.2) is 65.8 Å². The highest BCUT2D eigenvalue weighted by Crippen LogP contribution is 2.28. The number of hydrogen-bond acceptors (Lipinski definition) is 6. The molecule has 0 N–H and O–H groups in total. The third kappa shape index (κ3) is 4.42. The van der Waals surface area contributed by atoms with Crippen LogP contribution in [0.3, 0.4) is 0 Å². The maximum Gasteiger partial charge on any atom is 0.310 e. The van der Waals surface area contributed by atoms with Crippen LogP contribution < -0.4 is 0 Å². The summed E-state index contributed by atoms with van der Waals surface area (Å²) in [6, 6.07) is 16.7. The van der Waals surface area contributed by atoms with E-state index in [2.05, 4.69) is 6.07 Å². The normalized spacial score (nSPS) is 11.2. The van der Waals surface area contributed by atoms with E-state index in [-0.39, 0.29) is 30.3 Å². The molecule has 8 nitrogen and oxygen atoms in total. The van der Waals surface area contributed by atoms with Crippen LogP contribution >= 0.6 is 0 Å². The Kier molecular flexibility index (Phi) is 6.46. The number of pyridine rings is 1. The zero-order valence-corrected chi connectivity index (χ0v) is 20.0. The Hall–Kier alpha value is -4.34. The fraction of sp³-hybridized carbons (Fsp3) is 0.192. The van der Waals surface area contributed by atoms with Gasteiger partial charge in [-0.2, -0.15) is 10.5 Å². The standard InChI is InChI=1S/C26H22N4O4S/c1-3-34-26(31)14-23-18(2)25(29-17-20(16-28)8-11-24(23)29)13-21-5-4-12-30(21)35(32,33)22-9-6-19(15-27)7-10-22/h4-12,17H,3,13-14H2,1-2H3. The van der Waals surface area contributed by atoms with E-state index < -0.39 is 10.0 Å². The lowest BCUT2D eigenvalue weighted by atomic mass is 10.1. The Morgan fingerprint density at radius 3 is 2.37 bits per heavy atom. The summed E-state index contributed by atoms with van der Waals surface area (Å²) in [5.41, 5.74) is 4.46. The monoisotopic (exact) mass is 486 g/mol. The molecule has 0 fully saturated rings.